The van der Waals surface area contributed by atoms with E-state index in [4.69, 9.17) is 10.3 Å². The van der Waals surface area contributed by atoms with Gasteiger partial charge in [-0.05, 0) is 37.4 Å². The van der Waals surface area contributed by atoms with Gasteiger partial charge >= 0.3 is 5.91 Å². The molecule has 0 aliphatic carbocycles. The van der Waals surface area contributed by atoms with Crippen LogP contribution in [-0.4, -0.2) is 23.9 Å². The maximum Gasteiger partial charge on any atom is 0.301 e. The number of carbonyl (C=O) groups excluding carboxylic acids is 1. The summed E-state index contributed by atoms with van der Waals surface area (Å²) in [5.74, 6) is 5.13. The summed E-state index contributed by atoms with van der Waals surface area (Å²) in [6.07, 6.45) is 6.52. The van der Waals surface area contributed by atoms with E-state index in [0.29, 0.717) is 11.2 Å². The first kappa shape index (κ1) is 15.1. The van der Waals surface area contributed by atoms with Gasteiger partial charge in [0.2, 0.25) is 0 Å². The van der Waals surface area contributed by atoms with Crippen molar-refractivity contribution < 1.29 is 9.21 Å². The fourth-order valence-corrected chi connectivity index (χ4v) is 3.11. The molecule has 1 saturated heterocycles. The topological polar surface area (TPSA) is 71.5 Å². The molecule has 1 fully saturated rings. The minimum atomic E-state index is -0.363. The smallest absolute Gasteiger partial charge is 0.301 e. The van der Waals surface area contributed by atoms with Gasteiger partial charge in [-0.2, -0.15) is 0 Å². The molecule has 2 heterocycles. The average Bonchev–Trinajstić information content (AvgIpc) is 2.96. The molecule has 112 valence electrons. The van der Waals surface area contributed by atoms with Gasteiger partial charge in [-0.3, -0.25) is 15.1 Å². The third-order valence-electron chi connectivity index (χ3n) is 4.89. The molecule has 0 saturated carbocycles. The second-order valence-electron chi connectivity index (χ2n) is 5.73. The molecule has 5 nitrogen and oxygen atoms in total. The van der Waals surface area contributed by atoms with E-state index in [1.807, 2.05) is 6.07 Å². The van der Waals surface area contributed by atoms with Crippen molar-refractivity contribution in [3.8, 4) is 0 Å². The largest absolute Gasteiger partial charge is 0.459 e. The van der Waals surface area contributed by atoms with Gasteiger partial charge in [0, 0.05) is 12.1 Å². The highest BCUT2D eigenvalue weighted by molar-refractivity contribution is 5.92. The number of hydrazine groups is 1. The van der Waals surface area contributed by atoms with Gasteiger partial charge in [0.05, 0.1) is 6.26 Å². The lowest BCUT2D eigenvalue weighted by atomic mass is 9.74. The number of rotatable bonds is 5. The Bertz CT molecular complexity index is 442. The van der Waals surface area contributed by atoms with Gasteiger partial charge in [-0.25, -0.2) is 5.84 Å². The van der Waals surface area contributed by atoms with Gasteiger partial charge in [0.25, 0.3) is 0 Å². The molecule has 2 rings (SSSR count). The molecule has 3 N–H and O–H groups in total. The van der Waals surface area contributed by atoms with Crippen molar-refractivity contribution in [2.45, 2.75) is 46.1 Å². The Kier molecular flexibility index (Phi) is 4.83. The van der Waals surface area contributed by atoms with Gasteiger partial charge in [0.15, 0.2) is 5.76 Å². The lowest BCUT2D eigenvalue weighted by Gasteiger charge is -2.41. The van der Waals surface area contributed by atoms with E-state index in [1.54, 1.807) is 6.26 Å². The molecule has 1 amide bonds. The minimum Gasteiger partial charge on any atom is -0.459 e. The molecule has 0 aromatic carbocycles. The van der Waals surface area contributed by atoms with Gasteiger partial charge in [-0.15, -0.1) is 0 Å². The zero-order valence-electron chi connectivity index (χ0n) is 12.4. The SMILES string of the molecule is CCC1(CC)CCN(Cc2ccoc2C(=O)NN)CC1. The summed E-state index contributed by atoms with van der Waals surface area (Å²) in [5.41, 5.74) is 3.55. The van der Waals surface area contributed by atoms with E-state index in [9.17, 15) is 4.79 Å². The summed E-state index contributed by atoms with van der Waals surface area (Å²) in [4.78, 5) is 14.0. The predicted octanol–water partition coefficient (Wildman–Crippen LogP) is 2.29. The van der Waals surface area contributed by atoms with E-state index in [2.05, 4.69) is 24.2 Å². The average molecular weight is 279 g/mol. The Hall–Kier alpha value is -1.33. The molecule has 1 aliphatic rings. The van der Waals surface area contributed by atoms with E-state index < -0.39 is 0 Å². The van der Waals surface area contributed by atoms with Crippen molar-refractivity contribution >= 4 is 5.91 Å². The number of piperidine rings is 1. The van der Waals surface area contributed by atoms with E-state index in [0.717, 1.165) is 25.2 Å². The van der Waals surface area contributed by atoms with Crippen LogP contribution in [0.25, 0.3) is 0 Å². The van der Waals surface area contributed by atoms with Crippen molar-refractivity contribution in [1.82, 2.24) is 10.3 Å². The van der Waals surface area contributed by atoms with Crippen LogP contribution >= 0.6 is 0 Å². The van der Waals surface area contributed by atoms with Crippen LogP contribution < -0.4 is 11.3 Å². The number of nitrogen functional groups attached to an aromatic ring is 1. The lowest BCUT2D eigenvalue weighted by molar-refractivity contribution is 0.0874. The normalized spacial score (nSPS) is 18.9. The fraction of sp³-hybridized carbons (Fsp3) is 0.667. The quantitative estimate of drug-likeness (QED) is 0.493. The number of nitrogens with two attached hydrogens (primary N) is 1. The van der Waals surface area contributed by atoms with Crippen LogP contribution in [0.1, 0.15) is 55.6 Å². The number of furan rings is 1. The summed E-state index contributed by atoms with van der Waals surface area (Å²) in [7, 11) is 0. The molecule has 20 heavy (non-hydrogen) atoms. The molecule has 1 aromatic heterocycles. The Morgan fingerprint density at radius 3 is 2.60 bits per heavy atom. The first-order valence-corrected chi connectivity index (χ1v) is 7.44. The second kappa shape index (κ2) is 6.41. The highest BCUT2D eigenvalue weighted by Gasteiger charge is 2.31. The van der Waals surface area contributed by atoms with Crippen molar-refractivity contribution in [3.05, 3.63) is 23.7 Å². The zero-order valence-corrected chi connectivity index (χ0v) is 12.4. The fourth-order valence-electron chi connectivity index (χ4n) is 3.11. The molecule has 0 bridgehead atoms. The van der Waals surface area contributed by atoms with Crippen LogP contribution in [0.2, 0.25) is 0 Å². The second-order valence-corrected chi connectivity index (χ2v) is 5.73. The van der Waals surface area contributed by atoms with Crippen LogP contribution in [0.15, 0.2) is 16.7 Å². The highest BCUT2D eigenvalue weighted by Crippen LogP contribution is 2.38. The first-order valence-electron chi connectivity index (χ1n) is 7.44. The molecule has 5 heteroatoms. The predicted molar refractivity (Wildman–Crippen MR) is 77.9 cm³/mol. The molecule has 1 aromatic rings. The van der Waals surface area contributed by atoms with Crippen molar-refractivity contribution in [2.24, 2.45) is 11.3 Å². The number of amides is 1. The van der Waals surface area contributed by atoms with E-state index in [-0.39, 0.29) is 5.91 Å². The summed E-state index contributed by atoms with van der Waals surface area (Å²) in [6, 6.07) is 1.85. The number of likely N-dealkylation sites (tertiary alicyclic amines) is 1. The summed E-state index contributed by atoms with van der Waals surface area (Å²) in [6.45, 7) is 7.49. The Balaban J connectivity index is 1.96. The van der Waals surface area contributed by atoms with Gasteiger partial charge < -0.3 is 4.42 Å². The zero-order chi connectivity index (χ0) is 14.6. The molecule has 0 spiro atoms. The van der Waals surface area contributed by atoms with Crippen molar-refractivity contribution in [3.63, 3.8) is 0 Å². The number of carbonyl (C=O) groups is 1. The number of hydrogen-bond donors (Lipinski definition) is 2. The summed E-state index contributed by atoms with van der Waals surface area (Å²) < 4.78 is 5.22. The van der Waals surface area contributed by atoms with Crippen LogP contribution in [-0.2, 0) is 6.54 Å². The van der Waals surface area contributed by atoms with E-state index in [1.165, 1.54) is 25.7 Å². The maximum atomic E-state index is 11.6. The molecular formula is C15H25N3O2. The number of hydrogen-bond acceptors (Lipinski definition) is 4. The Labute approximate surface area is 120 Å². The van der Waals surface area contributed by atoms with Crippen LogP contribution in [0.4, 0.5) is 0 Å². The van der Waals surface area contributed by atoms with Crippen LogP contribution in [0.5, 0.6) is 0 Å². The Morgan fingerprint density at radius 2 is 2.05 bits per heavy atom. The monoisotopic (exact) mass is 279 g/mol. The number of nitrogens with one attached hydrogen (secondary N) is 1. The molecule has 0 radical (unpaired) electrons. The van der Waals surface area contributed by atoms with Crippen molar-refractivity contribution in [1.29, 1.82) is 0 Å². The molecule has 0 unspecified atom stereocenters. The third kappa shape index (κ3) is 3.04. The van der Waals surface area contributed by atoms with Crippen LogP contribution in [0, 0.1) is 5.41 Å². The number of nitrogens with zero attached hydrogens (tertiary/aromatic N) is 1. The third-order valence-corrected chi connectivity index (χ3v) is 4.89. The first-order chi connectivity index (χ1) is 9.64. The molecule has 0 atom stereocenters. The van der Waals surface area contributed by atoms with Crippen molar-refractivity contribution in [2.75, 3.05) is 13.1 Å². The summed E-state index contributed by atoms with van der Waals surface area (Å²) in [5, 5.41) is 0. The molecular weight excluding hydrogens is 254 g/mol. The van der Waals surface area contributed by atoms with Gasteiger partial charge in [0.1, 0.15) is 0 Å². The lowest BCUT2D eigenvalue weighted by Crippen LogP contribution is -2.39. The summed E-state index contributed by atoms with van der Waals surface area (Å²) >= 11 is 0. The standard InChI is InChI=1S/C15H25N3O2/c1-3-15(4-2)6-8-18(9-7-15)11-12-5-10-20-13(12)14(19)17-16/h5,10H,3-4,6-9,11,16H2,1-2H3,(H,17,19). The maximum absolute atomic E-state index is 11.6. The minimum absolute atomic E-state index is 0.329. The highest BCUT2D eigenvalue weighted by atomic mass is 16.3. The molecule has 1 aliphatic heterocycles. The van der Waals surface area contributed by atoms with Gasteiger partial charge in [-0.1, -0.05) is 26.7 Å². The Morgan fingerprint density at radius 1 is 1.40 bits per heavy atom. The van der Waals surface area contributed by atoms with Crippen LogP contribution in [0.3, 0.4) is 0 Å². The van der Waals surface area contributed by atoms with E-state index >= 15 is 0 Å².